The Morgan fingerprint density at radius 3 is 2.61 bits per heavy atom. The standard InChI is InChI=1S/C22H21N5O/c1-14(18-13-27(3)26-15(18)2)24-22(28)17-12-21(20-10-6-7-11-23-20)25-19-9-5-4-8-16(17)19/h4-14H,1-3H3,(H,24,28)/t14-/m0/s1. The molecule has 4 aromatic rings. The molecule has 0 aliphatic rings. The van der Waals surface area contributed by atoms with E-state index in [-0.39, 0.29) is 11.9 Å². The summed E-state index contributed by atoms with van der Waals surface area (Å²) >= 11 is 0. The fourth-order valence-electron chi connectivity index (χ4n) is 3.40. The lowest BCUT2D eigenvalue weighted by atomic mass is 10.0. The fraction of sp³-hybridized carbons (Fsp3) is 0.182. The molecule has 0 aliphatic carbocycles. The Bertz CT molecular complexity index is 1150. The molecule has 0 saturated heterocycles. The minimum absolute atomic E-state index is 0.147. The molecular weight excluding hydrogens is 350 g/mol. The number of hydrogen-bond donors (Lipinski definition) is 1. The van der Waals surface area contributed by atoms with E-state index in [4.69, 9.17) is 0 Å². The highest BCUT2D eigenvalue weighted by molar-refractivity contribution is 6.07. The second-order valence-electron chi connectivity index (χ2n) is 6.83. The lowest BCUT2D eigenvalue weighted by Crippen LogP contribution is -2.27. The van der Waals surface area contributed by atoms with Crippen LogP contribution in [0.1, 0.15) is 34.6 Å². The van der Waals surface area contributed by atoms with E-state index in [9.17, 15) is 4.79 Å². The molecule has 1 aromatic carbocycles. The van der Waals surface area contributed by atoms with Crippen molar-refractivity contribution in [2.75, 3.05) is 0 Å². The van der Waals surface area contributed by atoms with E-state index >= 15 is 0 Å². The number of fused-ring (bicyclic) bond motifs is 1. The SMILES string of the molecule is Cc1nn(C)cc1[C@H](C)NC(=O)c1cc(-c2ccccn2)nc2ccccc12. The molecule has 1 atom stereocenters. The Morgan fingerprint density at radius 2 is 1.89 bits per heavy atom. The quantitative estimate of drug-likeness (QED) is 0.592. The maximum Gasteiger partial charge on any atom is 0.252 e. The van der Waals surface area contributed by atoms with Crippen molar-refractivity contribution in [1.82, 2.24) is 25.1 Å². The first-order valence-corrected chi connectivity index (χ1v) is 9.15. The number of rotatable bonds is 4. The highest BCUT2D eigenvalue weighted by atomic mass is 16.1. The number of hydrogen-bond acceptors (Lipinski definition) is 4. The number of carbonyl (C=O) groups is 1. The van der Waals surface area contributed by atoms with Crippen molar-refractivity contribution >= 4 is 16.8 Å². The zero-order chi connectivity index (χ0) is 19.7. The number of para-hydroxylation sites is 1. The van der Waals surface area contributed by atoms with Gasteiger partial charge in [-0.3, -0.25) is 14.5 Å². The van der Waals surface area contributed by atoms with E-state index in [2.05, 4.69) is 20.4 Å². The second kappa shape index (κ2) is 7.23. The van der Waals surface area contributed by atoms with Crippen LogP contribution in [0.4, 0.5) is 0 Å². The fourth-order valence-corrected chi connectivity index (χ4v) is 3.40. The summed E-state index contributed by atoms with van der Waals surface area (Å²) in [5.74, 6) is -0.147. The first-order chi connectivity index (χ1) is 13.5. The van der Waals surface area contributed by atoms with Crippen LogP contribution in [-0.4, -0.2) is 25.7 Å². The number of nitrogens with one attached hydrogen (secondary N) is 1. The van der Waals surface area contributed by atoms with Crippen LogP contribution in [0.15, 0.2) is 60.9 Å². The van der Waals surface area contributed by atoms with Crippen molar-refractivity contribution in [3.05, 3.63) is 77.7 Å². The lowest BCUT2D eigenvalue weighted by Gasteiger charge is -2.15. The monoisotopic (exact) mass is 371 g/mol. The summed E-state index contributed by atoms with van der Waals surface area (Å²) in [4.78, 5) is 22.2. The zero-order valence-electron chi connectivity index (χ0n) is 16.0. The van der Waals surface area contributed by atoms with E-state index in [1.54, 1.807) is 10.9 Å². The largest absolute Gasteiger partial charge is 0.345 e. The molecule has 3 heterocycles. The molecule has 1 N–H and O–H groups in total. The third kappa shape index (κ3) is 3.36. The summed E-state index contributed by atoms with van der Waals surface area (Å²) < 4.78 is 1.76. The lowest BCUT2D eigenvalue weighted by molar-refractivity contribution is 0.0941. The van der Waals surface area contributed by atoms with Gasteiger partial charge in [0.2, 0.25) is 0 Å². The molecule has 28 heavy (non-hydrogen) atoms. The van der Waals surface area contributed by atoms with Crippen molar-refractivity contribution in [3.8, 4) is 11.4 Å². The molecule has 0 fully saturated rings. The topological polar surface area (TPSA) is 72.7 Å². The van der Waals surface area contributed by atoms with Crippen molar-refractivity contribution in [3.63, 3.8) is 0 Å². The molecule has 0 spiro atoms. The average Bonchev–Trinajstić information content (AvgIpc) is 3.06. The van der Waals surface area contributed by atoms with Crippen LogP contribution in [0.25, 0.3) is 22.3 Å². The Kier molecular flexibility index (Phi) is 4.61. The zero-order valence-corrected chi connectivity index (χ0v) is 16.0. The van der Waals surface area contributed by atoms with Gasteiger partial charge in [0.25, 0.3) is 5.91 Å². The molecule has 6 heteroatoms. The van der Waals surface area contributed by atoms with Gasteiger partial charge in [-0.2, -0.15) is 5.10 Å². The van der Waals surface area contributed by atoms with Gasteiger partial charge in [-0.25, -0.2) is 4.98 Å². The summed E-state index contributed by atoms with van der Waals surface area (Å²) in [5.41, 5.74) is 4.66. The smallest absolute Gasteiger partial charge is 0.252 e. The summed E-state index contributed by atoms with van der Waals surface area (Å²) in [6.45, 7) is 3.91. The number of amides is 1. The van der Waals surface area contributed by atoms with Gasteiger partial charge in [0.15, 0.2) is 0 Å². The van der Waals surface area contributed by atoms with Gasteiger partial charge in [-0.15, -0.1) is 0 Å². The van der Waals surface area contributed by atoms with Crippen LogP contribution in [0.3, 0.4) is 0 Å². The summed E-state index contributed by atoms with van der Waals surface area (Å²) in [6, 6.07) is 15.0. The van der Waals surface area contributed by atoms with Crippen molar-refractivity contribution in [2.24, 2.45) is 7.05 Å². The van der Waals surface area contributed by atoms with E-state index in [0.717, 1.165) is 27.9 Å². The van der Waals surface area contributed by atoms with Gasteiger partial charge in [-0.05, 0) is 38.1 Å². The number of aromatic nitrogens is 4. The van der Waals surface area contributed by atoms with Gasteiger partial charge < -0.3 is 5.32 Å². The van der Waals surface area contributed by atoms with Crippen molar-refractivity contribution in [2.45, 2.75) is 19.9 Å². The molecule has 0 saturated carbocycles. The summed E-state index contributed by atoms with van der Waals surface area (Å²) in [7, 11) is 1.88. The number of nitrogens with zero attached hydrogens (tertiary/aromatic N) is 4. The molecule has 4 rings (SSSR count). The Labute approximate surface area is 163 Å². The highest BCUT2D eigenvalue weighted by Gasteiger charge is 2.18. The molecule has 1 amide bonds. The van der Waals surface area contributed by atoms with Crippen LogP contribution in [0.5, 0.6) is 0 Å². The molecule has 0 radical (unpaired) electrons. The first-order valence-electron chi connectivity index (χ1n) is 9.15. The Balaban J connectivity index is 1.74. The minimum atomic E-state index is -0.161. The van der Waals surface area contributed by atoms with Crippen molar-refractivity contribution < 1.29 is 4.79 Å². The van der Waals surface area contributed by atoms with Crippen LogP contribution in [-0.2, 0) is 7.05 Å². The van der Waals surface area contributed by atoms with Gasteiger partial charge in [0, 0.05) is 30.4 Å². The van der Waals surface area contributed by atoms with Gasteiger partial charge in [-0.1, -0.05) is 24.3 Å². The maximum absolute atomic E-state index is 13.2. The number of pyridine rings is 2. The second-order valence-corrected chi connectivity index (χ2v) is 6.83. The number of aryl methyl sites for hydroxylation is 2. The Morgan fingerprint density at radius 1 is 1.11 bits per heavy atom. The number of carbonyl (C=O) groups excluding carboxylic acids is 1. The molecule has 0 unspecified atom stereocenters. The van der Waals surface area contributed by atoms with E-state index in [1.807, 2.05) is 75.6 Å². The molecule has 0 aliphatic heterocycles. The first kappa shape index (κ1) is 17.9. The van der Waals surface area contributed by atoms with Crippen LogP contribution in [0, 0.1) is 6.92 Å². The van der Waals surface area contributed by atoms with Gasteiger partial charge in [0.05, 0.1) is 34.2 Å². The van der Waals surface area contributed by atoms with Crippen molar-refractivity contribution in [1.29, 1.82) is 0 Å². The predicted molar refractivity (Wildman–Crippen MR) is 109 cm³/mol. The van der Waals surface area contributed by atoms with Crippen LogP contribution >= 0.6 is 0 Å². The Hall–Kier alpha value is -3.54. The number of benzene rings is 1. The van der Waals surface area contributed by atoms with Gasteiger partial charge in [0.1, 0.15) is 0 Å². The third-order valence-corrected chi connectivity index (χ3v) is 4.75. The van der Waals surface area contributed by atoms with Gasteiger partial charge >= 0.3 is 0 Å². The normalized spacial score (nSPS) is 12.1. The predicted octanol–water partition coefficient (Wildman–Crippen LogP) is 3.83. The van der Waals surface area contributed by atoms with E-state index < -0.39 is 0 Å². The average molecular weight is 371 g/mol. The van der Waals surface area contributed by atoms with E-state index in [0.29, 0.717) is 11.3 Å². The summed E-state index contributed by atoms with van der Waals surface area (Å²) in [5, 5.41) is 8.27. The molecule has 3 aromatic heterocycles. The van der Waals surface area contributed by atoms with Crippen LogP contribution < -0.4 is 5.32 Å². The van der Waals surface area contributed by atoms with Crippen LogP contribution in [0.2, 0.25) is 0 Å². The summed E-state index contributed by atoms with van der Waals surface area (Å²) in [6.07, 6.45) is 3.66. The molecule has 140 valence electrons. The minimum Gasteiger partial charge on any atom is -0.345 e. The highest BCUT2D eigenvalue weighted by Crippen LogP contribution is 2.25. The van der Waals surface area contributed by atoms with E-state index in [1.165, 1.54) is 0 Å². The molecule has 0 bridgehead atoms. The molecule has 6 nitrogen and oxygen atoms in total. The third-order valence-electron chi connectivity index (χ3n) is 4.75. The maximum atomic E-state index is 13.2. The molecular formula is C22H21N5O.